The minimum absolute atomic E-state index is 0.111. The third kappa shape index (κ3) is 7.20. The molecule has 0 saturated carbocycles. The van der Waals surface area contributed by atoms with Gasteiger partial charge >= 0.3 is 0 Å². The van der Waals surface area contributed by atoms with Gasteiger partial charge in [-0.2, -0.15) is 0 Å². The largest absolute Gasteiger partial charge is 0.311 e. The van der Waals surface area contributed by atoms with Crippen molar-refractivity contribution in [2.45, 2.75) is 26.2 Å². The van der Waals surface area contributed by atoms with Crippen molar-refractivity contribution in [2.24, 2.45) is 0 Å². The van der Waals surface area contributed by atoms with E-state index in [0.717, 1.165) is 22.7 Å². The molecular formula is C78H55BN4. The monoisotopic (exact) mass is 1060 g/mol. The number of para-hydroxylation sites is 2. The second kappa shape index (κ2) is 18.1. The molecule has 0 bridgehead atoms. The van der Waals surface area contributed by atoms with E-state index in [4.69, 9.17) is 0 Å². The molecule has 0 unspecified atom stereocenters. The summed E-state index contributed by atoms with van der Waals surface area (Å²) in [5, 5.41) is 9.92. The van der Waals surface area contributed by atoms with Crippen LogP contribution in [-0.2, 0) is 5.41 Å². The van der Waals surface area contributed by atoms with Crippen molar-refractivity contribution >= 4 is 122 Å². The number of aromatic nitrogens is 2. The highest BCUT2D eigenvalue weighted by Gasteiger charge is 2.44. The highest BCUT2D eigenvalue weighted by Crippen LogP contribution is 2.49. The van der Waals surface area contributed by atoms with E-state index in [2.05, 4.69) is 319 Å². The average molecular weight is 1060 g/mol. The van der Waals surface area contributed by atoms with Crippen molar-refractivity contribution in [3.63, 3.8) is 0 Å². The summed E-state index contributed by atoms with van der Waals surface area (Å²) in [6.45, 7) is 6.97. The van der Waals surface area contributed by atoms with Crippen molar-refractivity contribution < 1.29 is 0 Å². The van der Waals surface area contributed by atoms with E-state index < -0.39 is 0 Å². The van der Waals surface area contributed by atoms with Crippen LogP contribution in [0.15, 0.2) is 279 Å². The van der Waals surface area contributed by atoms with Gasteiger partial charge in [-0.1, -0.05) is 227 Å². The SMILES string of the molecule is CC(C)(C)c1cc2c3c(c1)N(c1ccc(-c4ccccc4)cc1)c1cc(-n4c5ccccc5c5ccc6ccccc6c54)ccc1B3c1ccc(-n3c4ccccc4c4ccc5ccccc5c43)cc1N2c1ccc(-c2ccccc2)cc1. The molecule has 2 aromatic heterocycles. The molecule has 2 aliphatic heterocycles. The molecule has 4 heterocycles. The minimum atomic E-state index is -0.203. The van der Waals surface area contributed by atoms with Crippen LogP contribution in [0.5, 0.6) is 0 Å². The van der Waals surface area contributed by atoms with Gasteiger partial charge in [0.2, 0.25) is 0 Å². The van der Waals surface area contributed by atoms with E-state index in [-0.39, 0.29) is 12.1 Å². The lowest BCUT2D eigenvalue weighted by Crippen LogP contribution is -2.61. The normalized spacial score (nSPS) is 12.9. The van der Waals surface area contributed by atoms with Crippen LogP contribution in [0.4, 0.5) is 34.1 Å². The van der Waals surface area contributed by atoms with Crippen molar-refractivity contribution in [3.05, 3.63) is 285 Å². The molecule has 0 N–H and O–H groups in total. The van der Waals surface area contributed by atoms with Gasteiger partial charge in [-0.25, -0.2) is 0 Å². The number of anilines is 6. The lowest BCUT2D eigenvalue weighted by Gasteiger charge is -2.45. The van der Waals surface area contributed by atoms with Crippen molar-refractivity contribution in [1.29, 1.82) is 0 Å². The fraction of sp³-hybridized carbons (Fsp3) is 0.0513. The van der Waals surface area contributed by atoms with Gasteiger partial charge in [0, 0.05) is 77.8 Å². The fourth-order valence-electron chi connectivity index (χ4n) is 14.1. The van der Waals surface area contributed by atoms with E-state index in [9.17, 15) is 0 Å². The Kier molecular flexibility index (Phi) is 10.3. The molecule has 0 amide bonds. The summed E-state index contributed by atoms with van der Waals surface area (Å²) in [7, 11) is 0. The lowest BCUT2D eigenvalue weighted by molar-refractivity contribution is 0.590. The Hall–Kier alpha value is -10.4. The average Bonchev–Trinajstić information content (AvgIpc) is 1.13. The van der Waals surface area contributed by atoms with Gasteiger partial charge in [-0.3, -0.25) is 0 Å². The molecule has 0 atom stereocenters. The molecule has 0 aliphatic carbocycles. The summed E-state index contributed by atoms with van der Waals surface area (Å²) in [4.78, 5) is 5.17. The Morgan fingerprint density at radius 2 is 0.663 bits per heavy atom. The van der Waals surface area contributed by atoms with Crippen LogP contribution in [0.25, 0.3) is 98.8 Å². The summed E-state index contributed by atoms with van der Waals surface area (Å²) >= 11 is 0. The summed E-state index contributed by atoms with van der Waals surface area (Å²) in [6, 6.07) is 104. The van der Waals surface area contributed by atoms with Crippen LogP contribution >= 0.6 is 0 Å². The van der Waals surface area contributed by atoms with Crippen LogP contribution in [0.1, 0.15) is 26.3 Å². The molecule has 0 fully saturated rings. The smallest absolute Gasteiger partial charge is 0.252 e. The summed E-state index contributed by atoms with van der Waals surface area (Å²) in [5.41, 5.74) is 23.7. The zero-order chi connectivity index (χ0) is 55.1. The standard InChI is InChI=1S/C78H55BN4/c1-78(2,3)56-46-73-75-74(47-56)81(58-38-32-53(33-39-58)51-20-8-5-9-21-51)72-49-60(83-70-29-17-15-27-64(70)66-43-35-55-23-11-13-25-62(55)77(66)83)41-45-68(72)79(75)67-44-40-59(48-71(67)80(73)57-36-30-52(31-37-57)50-18-6-4-7-19-50)82-69-28-16-14-26-63(69)65-42-34-54-22-10-12-24-61(54)76(65)82/h4-49H,1-3H3. The molecule has 17 rings (SSSR count). The predicted octanol–water partition coefficient (Wildman–Crippen LogP) is 18.9. The Morgan fingerprint density at radius 3 is 1.10 bits per heavy atom. The first-order valence-electron chi connectivity index (χ1n) is 29.0. The van der Waals surface area contributed by atoms with Crippen molar-refractivity contribution in [1.82, 2.24) is 9.13 Å². The van der Waals surface area contributed by atoms with Crippen molar-refractivity contribution in [3.8, 4) is 33.6 Å². The van der Waals surface area contributed by atoms with Gasteiger partial charge in [0.25, 0.3) is 6.71 Å². The zero-order valence-electron chi connectivity index (χ0n) is 46.4. The molecule has 13 aromatic carbocycles. The van der Waals surface area contributed by atoms with Crippen LogP contribution in [0.2, 0.25) is 0 Å². The van der Waals surface area contributed by atoms with E-state index in [1.165, 1.54) is 132 Å². The number of rotatable bonds is 6. The molecule has 390 valence electrons. The summed E-state index contributed by atoms with van der Waals surface area (Å²) in [5.74, 6) is 0. The van der Waals surface area contributed by atoms with Gasteiger partial charge < -0.3 is 18.9 Å². The first-order valence-corrected chi connectivity index (χ1v) is 29.0. The second-order valence-electron chi connectivity index (χ2n) is 23.7. The predicted molar refractivity (Wildman–Crippen MR) is 354 cm³/mol. The number of benzene rings is 13. The minimum Gasteiger partial charge on any atom is -0.311 e. The first-order chi connectivity index (χ1) is 40.8. The molecule has 5 heteroatoms. The van der Waals surface area contributed by atoms with E-state index in [1.807, 2.05) is 0 Å². The van der Waals surface area contributed by atoms with E-state index >= 15 is 0 Å². The van der Waals surface area contributed by atoms with E-state index in [0.29, 0.717) is 0 Å². The molecule has 0 spiro atoms. The maximum atomic E-state index is 2.59. The quantitative estimate of drug-likeness (QED) is 0.154. The van der Waals surface area contributed by atoms with Crippen LogP contribution in [-0.4, -0.2) is 15.8 Å². The third-order valence-electron chi connectivity index (χ3n) is 18.0. The maximum Gasteiger partial charge on any atom is 0.252 e. The summed E-state index contributed by atoms with van der Waals surface area (Å²) < 4.78 is 5.04. The van der Waals surface area contributed by atoms with Gasteiger partial charge in [0.1, 0.15) is 0 Å². The van der Waals surface area contributed by atoms with Crippen molar-refractivity contribution in [2.75, 3.05) is 9.80 Å². The molecule has 4 nitrogen and oxygen atoms in total. The first kappa shape index (κ1) is 47.5. The molecule has 2 aliphatic rings. The van der Waals surface area contributed by atoms with Crippen LogP contribution in [0, 0.1) is 0 Å². The molecule has 0 radical (unpaired) electrons. The molecular weight excluding hydrogens is 1000 g/mol. The summed E-state index contributed by atoms with van der Waals surface area (Å²) in [6.07, 6.45) is 0. The van der Waals surface area contributed by atoms with Gasteiger partial charge in [-0.05, 0) is 133 Å². The highest BCUT2D eigenvalue weighted by molar-refractivity contribution is 7.00. The maximum absolute atomic E-state index is 2.59. The molecule has 0 saturated heterocycles. The Morgan fingerprint density at radius 1 is 0.289 bits per heavy atom. The van der Waals surface area contributed by atoms with Gasteiger partial charge in [-0.15, -0.1) is 0 Å². The zero-order valence-corrected chi connectivity index (χ0v) is 46.4. The fourth-order valence-corrected chi connectivity index (χ4v) is 14.1. The van der Waals surface area contributed by atoms with Crippen LogP contribution < -0.4 is 26.2 Å². The van der Waals surface area contributed by atoms with Gasteiger partial charge in [0.05, 0.1) is 22.1 Å². The Bertz CT molecular complexity index is 4810. The van der Waals surface area contributed by atoms with Crippen LogP contribution in [0.3, 0.4) is 0 Å². The Balaban J connectivity index is 0.969. The molecule has 15 aromatic rings. The lowest BCUT2D eigenvalue weighted by atomic mass is 9.33. The molecule has 83 heavy (non-hydrogen) atoms. The third-order valence-corrected chi connectivity index (χ3v) is 18.0. The number of hydrogen-bond acceptors (Lipinski definition) is 2. The highest BCUT2D eigenvalue weighted by atomic mass is 15.2. The number of nitrogens with zero attached hydrogens (tertiary/aromatic N) is 4. The second-order valence-corrected chi connectivity index (χ2v) is 23.7. The van der Waals surface area contributed by atoms with Gasteiger partial charge in [0.15, 0.2) is 0 Å². The Labute approximate surface area is 483 Å². The number of hydrogen-bond donors (Lipinski definition) is 0. The van der Waals surface area contributed by atoms with E-state index in [1.54, 1.807) is 0 Å². The topological polar surface area (TPSA) is 16.3 Å². The number of fused-ring (bicyclic) bond motifs is 14.